The normalized spacial score (nSPS) is 9.96. The lowest BCUT2D eigenvalue weighted by molar-refractivity contribution is 0.102. The minimum atomic E-state index is -2.72. The fraction of sp³-hybridized carbons (Fsp3) is 0. The molecule has 0 aliphatic heterocycles. The predicted octanol–water partition coefficient (Wildman–Crippen LogP) is 2.67. The van der Waals surface area contributed by atoms with E-state index in [9.17, 15) is 13.2 Å². The molecule has 0 spiro atoms. The molecule has 134 valence electrons. The largest absolute Gasteiger partial charge is 0.322 e. The van der Waals surface area contributed by atoms with Crippen LogP contribution in [0, 0.1) is 11.8 Å². The zero-order valence-electron chi connectivity index (χ0n) is 14.0. The van der Waals surface area contributed by atoms with Gasteiger partial charge in [-0.15, -0.1) is 0 Å². The molecule has 0 saturated carbocycles. The van der Waals surface area contributed by atoms with Crippen LogP contribution in [0.2, 0.25) is 0 Å². The smallest absolute Gasteiger partial charge is 0.255 e. The second kappa shape index (κ2) is 8.65. The van der Waals surface area contributed by atoms with Crippen LogP contribution in [0.4, 0.5) is 11.4 Å². The maximum atomic E-state index is 12.4. The molecule has 0 atom stereocenters. The van der Waals surface area contributed by atoms with E-state index in [1.54, 1.807) is 48.7 Å². The van der Waals surface area contributed by atoms with Gasteiger partial charge in [-0.05, 0) is 60.5 Å². The summed E-state index contributed by atoms with van der Waals surface area (Å²) in [5.41, 5.74) is 2.80. The lowest BCUT2D eigenvalue weighted by Gasteiger charge is -2.06. The molecule has 2 aromatic carbocycles. The molecule has 2 N–H and O–H groups in total. The van der Waals surface area contributed by atoms with Gasteiger partial charge in [-0.1, -0.05) is 18.1 Å². The van der Waals surface area contributed by atoms with Crippen molar-refractivity contribution in [3.05, 3.63) is 89.7 Å². The Morgan fingerprint density at radius 2 is 1.67 bits per heavy atom. The SMILES string of the molecule is O=C(Nc1ccc(N[SH](=O)=O)cc1)c1cccc(C#Cc2ccccn2)c1. The Kier molecular flexibility index (Phi) is 5.82. The summed E-state index contributed by atoms with van der Waals surface area (Å²) < 4.78 is 23.5. The molecule has 0 bridgehead atoms. The number of nitrogens with zero attached hydrogens (tertiary/aromatic N) is 1. The molecule has 3 aromatic rings. The van der Waals surface area contributed by atoms with E-state index in [1.165, 1.54) is 0 Å². The second-order valence-corrected chi connectivity index (χ2v) is 6.18. The number of thiol groups is 1. The third-order valence-corrected chi connectivity index (χ3v) is 3.93. The van der Waals surface area contributed by atoms with E-state index in [0.29, 0.717) is 28.2 Å². The molecular weight excluding hydrogens is 362 g/mol. The van der Waals surface area contributed by atoms with Crippen molar-refractivity contribution in [3.8, 4) is 11.8 Å². The van der Waals surface area contributed by atoms with Crippen LogP contribution in [0.1, 0.15) is 21.6 Å². The first-order chi connectivity index (χ1) is 13.1. The van der Waals surface area contributed by atoms with Crippen molar-refractivity contribution in [1.29, 1.82) is 0 Å². The third-order valence-electron chi connectivity index (χ3n) is 3.49. The summed E-state index contributed by atoms with van der Waals surface area (Å²) in [6.45, 7) is 0. The number of carbonyl (C=O) groups excluding carboxylic acids is 1. The van der Waals surface area contributed by atoms with E-state index in [1.807, 2.05) is 24.3 Å². The van der Waals surface area contributed by atoms with E-state index in [2.05, 4.69) is 26.9 Å². The fourth-order valence-electron chi connectivity index (χ4n) is 2.25. The number of hydrogen-bond acceptors (Lipinski definition) is 4. The van der Waals surface area contributed by atoms with Gasteiger partial charge in [0.25, 0.3) is 5.91 Å². The Morgan fingerprint density at radius 3 is 2.37 bits per heavy atom. The Labute approximate surface area is 158 Å². The van der Waals surface area contributed by atoms with E-state index in [-0.39, 0.29) is 5.91 Å². The van der Waals surface area contributed by atoms with Crippen molar-refractivity contribution in [2.24, 2.45) is 0 Å². The highest BCUT2D eigenvalue weighted by molar-refractivity contribution is 7.73. The molecule has 0 unspecified atom stereocenters. The molecule has 0 aliphatic rings. The van der Waals surface area contributed by atoms with Crippen LogP contribution < -0.4 is 10.0 Å². The summed E-state index contributed by atoms with van der Waals surface area (Å²) in [7, 11) is -2.72. The Balaban J connectivity index is 1.71. The molecule has 27 heavy (non-hydrogen) atoms. The van der Waals surface area contributed by atoms with Gasteiger partial charge in [0.05, 0.1) is 0 Å². The highest BCUT2D eigenvalue weighted by Gasteiger charge is 2.06. The minimum absolute atomic E-state index is 0.285. The number of rotatable bonds is 4. The maximum Gasteiger partial charge on any atom is 0.255 e. The highest BCUT2D eigenvalue weighted by atomic mass is 32.2. The van der Waals surface area contributed by atoms with Gasteiger partial charge in [0, 0.05) is 28.7 Å². The number of anilines is 2. The molecule has 0 fully saturated rings. The molecule has 0 radical (unpaired) electrons. The Hall–Kier alpha value is -3.63. The number of carbonyl (C=O) groups is 1. The fourth-order valence-corrected chi connectivity index (χ4v) is 2.61. The van der Waals surface area contributed by atoms with Crippen molar-refractivity contribution in [3.63, 3.8) is 0 Å². The lowest BCUT2D eigenvalue weighted by atomic mass is 10.1. The van der Waals surface area contributed by atoms with Crippen LogP contribution in [-0.4, -0.2) is 19.3 Å². The van der Waals surface area contributed by atoms with Crippen molar-refractivity contribution in [1.82, 2.24) is 4.98 Å². The number of aromatic nitrogens is 1. The summed E-state index contributed by atoms with van der Waals surface area (Å²) in [5.74, 6) is 5.65. The number of pyridine rings is 1. The topological polar surface area (TPSA) is 88.2 Å². The number of benzene rings is 2. The molecule has 1 aromatic heterocycles. The molecule has 0 aliphatic carbocycles. The molecule has 1 heterocycles. The average Bonchev–Trinajstić information content (AvgIpc) is 2.68. The van der Waals surface area contributed by atoms with Crippen LogP contribution in [-0.2, 0) is 10.9 Å². The van der Waals surface area contributed by atoms with Gasteiger partial charge >= 0.3 is 0 Å². The van der Waals surface area contributed by atoms with Gasteiger partial charge in [-0.3, -0.25) is 9.52 Å². The molecule has 6 nitrogen and oxygen atoms in total. The Bertz CT molecular complexity index is 1070. The van der Waals surface area contributed by atoms with Crippen molar-refractivity contribution in [2.45, 2.75) is 0 Å². The van der Waals surface area contributed by atoms with Gasteiger partial charge in [-0.25, -0.2) is 13.4 Å². The predicted molar refractivity (Wildman–Crippen MR) is 105 cm³/mol. The van der Waals surface area contributed by atoms with E-state index in [0.717, 1.165) is 0 Å². The van der Waals surface area contributed by atoms with Gasteiger partial charge < -0.3 is 5.32 Å². The van der Waals surface area contributed by atoms with Crippen LogP contribution in [0.3, 0.4) is 0 Å². The number of amides is 1. The van der Waals surface area contributed by atoms with Crippen molar-refractivity contribution >= 4 is 28.2 Å². The van der Waals surface area contributed by atoms with E-state index >= 15 is 0 Å². The van der Waals surface area contributed by atoms with Crippen LogP contribution in [0.25, 0.3) is 0 Å². The van der Waals surface area contributed by atoms with Crippen molar-refractivity contribution < 1.29 is 13.2 Å². The van der Waals surface area contributed by atoms with Gasteiger partial charge in [-0.2, -0.15) is 0 Å². The summed E-state index contributed by atoms with van der Waals surface area (Å²) in [5, 5.41) is 2.76. The summed E-state index contributed by atoms with van der Waals surface area (Å²) in [6.07, 6.45) is 1.67. The standard InChI is InChI=1S/C20H15N3O3S/c24-20(22-18-9-11-19(12-10-18)23-27(25)26)16-5-3-4-15(14-16)7-8-17-6-1-2-13-21-17/h1-6,9-14,27H,(H,22,24)(H,23,25,26). The molecule has 7 heteroatoms. The van der Waals surface area contributed by atoms with E-state index in [4.69, 9.17) is 0 Å². The third kappa shape index (κ3) is 5.42. The first kappa shape index (κ1) is 18.2. The van der Waals surface area contributed by atoms with Crippen molar-refractivity contribution in [2.75, 3.05) is 10.0 Å². The van der Waals surface area contributed by atoms with Gasteiger partial charge in [0.15, 0.2) is 0 Å². The molecule has 3 rings (SSSR count). The van der Waals surface area contributed by atoms with Crippen LogP contribution >= 0.6 is 0 Å². The summed E-state index contributed by atoms with van der Waals surface area (Å²) in [6, 6.07) is 18.8. The van der Waals surface area contributed by atoms with Gasteiger partial charge in [0.1, 0.15) is 5.69 Å². The molecular formula is C20H15N3O3S. The van der Waals surface area contributed by atoms with Gasteiger partial charge in [0.2, 0.25) is 10.9 Å². The van der Waals surface area contributed by atoms with E-state index < -0.39 is 10.9 Å². The Morgan fingerprint density at radius 1 is 0.889 bits per heavy atom. The first-order valence-corrected chi connectivity index (χ1v) is 9.13. The average molecular weight is 377 g/mol. The molecule has 1 amide bonds. The first-order valence-electron chi connectivity index (χ1n) is 7.96. The zero-order valence-corrected chi connectivity index (χ0v) is 14.9. The highest BCUT2D eigenvalue weighted by Crippen LogP contribution is 2.15. The number of hydrogen-bond donors (Lipinski definition) is 3. The summed E-state index contributed by atoms with van der Waals surface area (Å²) >= 11 is 0. The molecule has 0 saturated heterocycles. The monoisotopic (exact) mass is 377 g/mol. The van der Waals surface area contributed by atoms with Crippen LogP contribution in [0.5, 0.6) is 0 Å². The quantitative estimate of drug-likeness (QED) is 0.482. The second-order valence-electron chi connectivity index (χ2n) is 5.45. The lowest BCUT2D eigenvalue weighted by Crippen LogP contribution is -2.12. The van der Waals surface area contributed by atoms with Crippen LogP contribution in [0.15, 0.2) is 72.9 Å². The summed E-state index contributed by atoms with van der Waals surface area (Å²) in [4.78, 5) is 16.6. The zero-order chi connectivity index (χ0) is 19.1. The number of nitrogens with one attached hydrogen (secondary N) is 2. The maximum absolute atomic E-state index is 12.4. The minimum Gasteiger partial charge on any atom is -0.322 e.